The van der Waals surface area contributed by atoms with Gasteiger partial charge in [0.25, 0.3) is 5.91 Å². The molecular formula is C19H26N4O2. The molecule has 2 aromatic rings. The standard InChI is InChI=1S/C19H26N4O2/c1-3-17-20-18(22-21-17)12-15-8-10-23(11-9-15)19(24)13-25-16-6-4-14(2)5-7-16/h4-7,15H,3,8-13H2,1-2H3,(H,20,21,22). The van der Waals surface area contributed by atoms with E-state index in [9.17, 15) is 4.79 Å². The van der Waals surface area contributed by atoms with Crippen molar-refractivity contribution in [2.75, 3.05) is 19.7 Å². The number of nitrogens with zero attached hydrogens (tertiary/aromatic N) is 3. The highest BCUT2D eigenvalue weighted by Crippen LogP contribution is 2.21. The first kappa shape index (κ1) is 17.5. The van der Waals surface area contributed by atoms with E-state index in [4.69, 9.17) is 4.74 Å². The van der Waals surface area contributed by atoms with Crippen molar-refractivity contribution in [3.63, 3.8) is 0 Å². The number of likely N-dealkylation sites (tertiary alicyclic amines) is 1. The van der Waals surface area contributed by atoms with Gasteiger partial charge in [-0.05, 0) is 37.8 Å². The second kappa shape index (κ2) is 8.14. The number of piperidine rings is 1. The number of ether oxygens (including phenoxy) is 1. The number of aromatic nitrogens is 3. The molecule has 3 rings (SSSR count). The molecule has 1 saturated heterocycles. The van der Waals surface area contributed by atoms with Crippen LogP contribution in [-0.4, -0.2) is 45.7 Å². The molecule has 1 aliphatic heterocycles. The molecule has 134 valence electrons. The molecular weight excluding hydrogens is 316 g/mol. The molecule has 1 amide bonds. The van der Waals surface area contributed by atoms with Gasteiger partial charge in [-0.25, -0.2) is 4.98 Å². The van der Waals surface area contributed by atoms with Crippen LogP contribution in [-0.2, 0) is 17.6 Å². The number of hydrogen-bond acceptors (Lipinski definition) is 4. The van der Waals surface area contributed by atoms with Gasteiger partial charge >= 0.3 is 0 Å². The Balaban J connectivity index is 1.41. The van der Waals surface area contributed by atoms with E-state index in [-0.39, 0.29) is 12.5 Å². The summed E-state index contributed by atoms with van der Waals surface area (Å²) in [6.45, 7) is 5.76. The van der Waals surface area contributed by atoms with Crippen molar-refractivity contribution >= 4 is 5.91 Å². The van der Waals surface area contributed by atoms with Gasteiger partial charge in [0, 0.05) is 25.9 Å². The fourth-order valence-electron chi connectivity index (χ4n) is 3.12. The van der Waals surface area contributed by atoms with Crippen LogP contribution < -0.4 is 4.74 Å². The molecule has 0 aliphatic carbocycles. The summed E-state index contributed by atoms with van der Waals surface area (Å²) in [5, 5.41) is 7.20. The molecule has 0 radical (unpaired) electrons. The normalized spacial score (nSPS) is 15.4. The van der Waals surface area contributed by atoms with Gasteiger partial charge in [-0.3, -0.25) is 9.89 Å². The zero-order valence-corrected chi connectivity index (χ0v) is 15.0. The lowest BCUT2D eigenvalue weighted by atomic mass is 9.93. The number of nitrogens with one attached hydrogen (secondary N) is 1. The zero-order valence-electron chi connectivity index (χ0n) is 15.0. The summed E-state index contributed by atoms with van der Waals surface area (Å²) >= 11 is 0. The highest BCUT2D eigenvalue weighted by atomic mass is 16.5. The molecule has 0 bridgehead atoms. The Labute approximate surface area is 148 Å². The molecule has 1 aromatic carbocycles. The number of amides is 1. The number of hydrogen-bond donors (Lipinski definition) is 1. The van der Waals surface area contributed by atoms with Crippen LogP contribution in [0.1, 0.15) is 37.0 Å². The van der Waals surface area contributed by atoms with E-state index in [1.165, 1.54) is 5.56 Å². The van der Waals surface area contributed by atoms with Crippen molar-refractivity contribution < 1.29 is 9.53 Å². The predicted molar refractivity (Wildman–Crippen MR) is 95.4 cm³/mol. The first-order valence-corrected chi connectivity index (χ1v) is 9.01. The van der Waals surface area contributed by atoms with Gasteiger partial charge in [-0.1, -0.05) is 24.6 Å². The van der Waals surface area contributed by atoms with Crippen LogP contribution in [0.3, 0.4) is 0 Å². The van der Waals surface area contributed by atoms with Crippen molar-refractivity contribution in [3.8, 4) is 5.75 Å². The van der Waals surface area contributed by atoms with Crippen molar-refractivity contribution in [2.45, 2.75) is 39.5 Å². The van der Waals surface area contributed by atoms with Gasteiger partial charge in [0.2, 0.25) is 0 Å². The maximum Gasteiger partial charge on any atom is 0.260 e. The van der Waals surface area contributed by atoms with E-state index < -0.39 is 0 Å². The Hall–Kier alpha value is -2.37. The summed E-state index contributed by atoms with van der Waals surface area (Å²) in [4.78, 5) is 18.7. The Morgan fingerprint density at radius 1 is 1.28 bits per heavy atom. The maximum atomic E-state index is 12.3. The van der Waals surface area contributed by atoms with E-state index in [0.717, 1.165) is 56.2 Å². The van der Waals surface area contributed by atoms with Gasteiger partial charge in [0.1, 0.15) is 17.4 Å². The Kier molecular flexibility index (Phi) is 5.68. The molecule has 0 spiro atoms. The molecule has 6 heteroatoms. The molecule has 1 N–H and O–H groups in total. The largest absolute Gasteiger partial charge is 0.484 e. The molecule has 0 unspecified atom stereocenters. The zero-order chi connectivity index (χ0) is 17.6. The topological polar surface area (TPSA) is 71.1 Å². The van der Waals surface area contributed by atoms with Crippen LogP contribution in [0.5, 0.6) is 5.75 Å². The molecule has 1 aromatic heterocycles. The summed E-state index contributed by atoms with van der Waals surface area (Å²) < 4.78 is 5.60. The quantitative estimate of drug-likeness (QED) is 0.876. The number of carbonyl (C=O) groups excluding carboxylic acids is 1. The van der Waals surface area contributed by atoms with Crippen molar-refractivity contribution in [1.82, 2.24) is 20.1 Å². The molecule has 6 nitrogen and oxygen atoms in total. The van der Waals surface area contributed by atoms with E-state index in [2.05, 4.69) is 22.1 Å². The number of benzene rings is 1. The lowest BCUT2D eigenvalue weighted by Crippen LogP contribution is -2.41. The summed E-state index contributed by atoms with van der Waals surface area (Å²) in [7, 11) is 0. The van der Waals surface area contributed by atoms with Crippen molar-refractivity contribution in [2.24, 2.45) is 5.92 Å². The average Bonchev–Trinajstić information content (AvgIpc) is 3.09. The number of aromatic amines is 1. The van der Waals surface area contributed by atoms with Crippen LogP contribution in [0, 0.1) is 12.8 Å². The minimum atomic E-state index is 0.0620. The van der Waals surface area contributed by atoms with Crippen LogP contribution in [0.25, 0.3) is 0 Å². The van der Waals surface area contributed by atoms with Crippen LogP contribution in [0.15, 0.2) is 24.3 Å². The van der Waals surface area contributed by atoms with Crippen LogP contribution in [0.2, 0.25) is 0 Å². The first-order chi connectivity index (χ1) is 12.1. The number of H-pyrrole nitrogens is 1. The number of carbonyl (C=O) groups is 1. The number of rotatable bonds is 6. The van der Waals surface area contributed by atoms with Crippen LogP contribution >= 0.6 is 0 Å². The SMILES string of the molecule is CCc1n[nH]c(CC2CCN(C(=O)COc3ccc(C)cc3)CC2)n1. The maximum absolute atomic E-state index is 12.3. The third-order valence-corrected chi connectivity index (χ3v) is 4.73. The second-order valence-electron chi connectivity index (χ2n) is 6.68. The molecule has 25 heavy (non-hydrogen) atoms. The third kappa shape index (κ3) is 4.81. The first-order valence-electron chi connectivity index (χ1n) is 9.01. The fourth-order valence-corrected chi connectivity index (χ4v) is 3.12. The molecule has 0 atom stereocenters. The summed E-state index contributed by atoms with van der Waals surface area (Å²) in [5.41, 5.74) is 1.18. The molecule has 1 aliphatic rings. The van der Waals surface area contributed by atoms with Gasteiger partial charge in [0.15, 0.2) is 6.61 Å². The molecule has 0 saturated carbocycles. The van der Waals surface area contributed by atoms with Crippen molar-refractivity contribution in [1.29, 1.82) is 0 Å². The summed E-state index contributed by atoms with van der Waals surface area (Å²) in [5.74, 6) is 3.19. The molecule has 1 fully saturated rings. The van der Waals surface area contributed by atoms with Gasteiger partial charge in [-0.2, -0.15) is 5.10 Å². The highest BCUT2D eigenvalue weighted by molar-refractivity contribution is 5.77. The Morgan fingerprint density at radius 2 is 2.00 bits per heavy atom. The Morgan fingerprint density at radius 3 is 2.64 bits per heavy atom. The summed E-state index contributed by atoms with van der Waals surface area (Å²) in [6.07, 6.45) is 3.76. The molecule has 2 heterocycles. The van der Waals surface area contributed by atoms with E-state index >= 15 is 0 Å². The Bertz CT molecular complexity index is 688. The second-order valence-corrected chi connectivity index (χ2v) is 6.68. The van der Waals surface area contributed by atoms with Gasteiger partial charge < -0.3 is 9.64 Å². The average molecular weight is 342 g/mol. The lowest BCUT2D eigenvalue weighted by Gasteiger charge is -2.31. The fraction of sp³-hybridized carbons (Fsp3) is 0.526. The smallest absolute Gasteiger partial charge is 0.260 e. The third-order valence-electron chi connectivity index (χ3n) is 4.73. The van der Waals surface area contributed by atoms with Crippen molar-refractivity contribution in [3.05, 3.63) is 41.5 Å². The summed E-state index contributed by atoms with van der Waals surface area (Å²) in [6, 6.07) is 7.77. The van der Waals surface area contributed by atoms with E-state index in [1.54, 1.807) is 0 Å². The van der Waals surface area contributed by atoms with Crippen LogP contribution in [0.4, 0.5) is 0 Å². The minimum Gasteiger partial charge on any atom is -0.484 e. The predicted octanol–water partition coefficient (Wildman–Crippen LogP) is 2.54. The number of aryl methyl sites for hydroxylation is 2. The van der Waals surface area contributed by atoms with E-state index in [1.807, 2.05) is 36.1 Å². The van der Waals surface area contributed by atoms with Gasteiger partial charge in [-0.15, -0.1) is 0 Å². The monoisotopic (exact) mass is 342 g/mol. The highest BCUT2D eigenvalue weighted by Gasteiger charge is 2.24. The lowest BCUT2D eigenvalue weighted by molar-refractivity contribution is -0.134. The van der Waals surface area contributed by atoms with E-state index in [0.29, 0.717) is 5.92 Å². The van der Waals surface area contributed by atoms with Gasteiger partial charge in [0.05, 0.1) is 0 Å². The minimum absolute atomic E-state index is 0.0620.